The van der Waals surface area contributed by atoms with Crippen molar-refractivity contribution < 1.29 is 4.79 Å². The Balaban J connectivity index is 1.53. The van der Waals surface area contributed by atoms with Gasteiger partial charge in [0.15, 0.2) is 0 Å². The van der Waals surface area contributed by atoms with Crippen LogP contribution in [0.1, 0.15) is 50.5 Å². The van der Waals surface area contributed by atoms with Crippen LogP contribution in [0, 0.1) is 5.92 Å². The fourth-order valence-electron chi connectivity index (χ4n) is 3.61. The van der Waals surface area contributed by atoms with Crippen LogP contribution in [0.2, 0.25) is 0 Å². The van der Waals surface area contributed by atoms with E-state index < -0.39 is 0 Å². The molecule has 0 atom stereocenters. The highest BCUT2D eigenvalue weighted by atomic mass is 16.1. The average Bonchev–Trinajstić information content (AvgIpc) is 2.51. The molecule has 3 nitrogen and oxygen atoms in total. The van der Waals surface area contributed by atoms with E-state index in [9.17, 15) is 4.79 Å². The average molecular weight is 286 g/mol. The van der Waals surface area contributed by atoms with Crippen LogP contribution in [0.5, 0.6) is 0 Å². The molecule has 1 saturated heterocycles. The lowest BCUT2D eigenvalue weighted by Gasteiger charge is -2.43. The Labute approximate surface area is 127 Å². The van der Waals surface area contributed by atoms with Crippen LogP contribution in [0.25, 0.3) is 0 Å². The van der Waals surface area contributed by atoms with Gasteiger partial charge >= 0.3 is 0 Å². The number of piperidine rings is 1. The van der Waals surface area contributed by atoms with Crippen molar-refractivity contribution >= 4 is 5.91 Å². The van der Waals surface area contributed by atoms with Gasteiger partial charge in [-0.2, -0.15) is 0 Å². The van der Waals surface area contributed by atoms with Crippen LogP contribution in [-0.2, 0) is 10.3 Å². The van der Waals surface area contributed by atoms with Crippen LogP contribution >= 0.6 is 0 Å². The Hall–Kier alpha value is -1.35. The Morgan fingerprint density at radius 1 is 1.19 bits per heavy atom. The van der Waals surface area contributed by atoms with Gasteiger partial charge in [0.05, 0.1) is 5.54 Å². The third kappa shape index (κ3) is 3.46. The maximum atomic E-state index is 12.3. The van der Waals surface area contributed by atoms with Crippen molar-refractivity contribution in [1.82, 2.24) is 10.6 Å². The molecule has 0 bridgehead atoms. The van der Waals surface area contributed by atoms with Crippen LogP contribution < -0.4 is 10.6 Å². The normalized spacial score (nSPS) is 21.5. The monoisotopic (exact) mass is 286 g/mol. The molecule has 3 rings (SSSR count). The van der Waals surface area contributed by atoms with Gasteiger partial charge in [0.1, 0.15) is 0 Å². The largest absolute Gasteiger partial charge is 0.347 e. The van der Waals surface area contributed by atoms with Crippen molar-refractivity contribution in [3.05, 3.63) is 35.9 Å². The molecule has 2 fully saturated rings. The molecule has 1 heterocycles. The van der Waals surface area contributed by atoms with Gasteiger partial charge in [-0.15, -0.1) is 0 Å². The molecule has 0 unspecified atom stereocenters. The minimum atomic E-state index is -0.0769. The summed E-state index contributed by atoms with van der Waals surface area (Å²) in [6.07, 6.45) is 7.53. The zero-order chi connectivity index (χ0) is 14.5. The molecule has 1 aromatic rings. The minimum Gasteiger partial charge on any atom is -0.347 e. The van der Waals surface area contributed by atoms with Crippen molar-refractivity contribution in [3.8, 4) is 0 Å². The maximum absolute atomic E-state index is 12.3. The van der Waals surface area contributed by atoms with E-state index >= 15 is 0 Å². The topological polar surface area (TPSA) is 41.1 Å². The summed E-state index contributed by atoms with van der Waals surface area (Å²) in [7, 11) is 0. The Bertz CT molecular complexity index is 461. The molecule has 0 radical (unpaired) electrons. The van der Waals surface area contributed by atoms with Crippen molar-refractivity contribution in [1.29, 1.82) is 0 Å². The molecular weight excluding hydrogens is 260 g/mol. The van der Waals surface area contributed by atoms with Crippen molar-refractivity contribution in [2.24, 2.45) is 5.92 Å². The summed E-state index contributed by atoms with van der Waals surface area (Å²) in [6, 6.07) is 10.5. The van der Waals surface area contributed by atoms with Crippen molar-refractivity contribution in [3.63, 3.8) is 0 Å². The third-order valence-electron chi connectivity index (χ3n) is 5.15. The first kappa shape index (κ1) is 14.6. The van der Waals surface area contributed by atoms with E-state index in [1.165, 1.54) is 24.8 Å². The molecule has 2 N–H and O–H groups in total. The Kier molecular flexibility index (Phi) is 4.59. The minimum absolute atomic E-state index is 0.0769. The third-order valence-corrected chi connectivity index (χ3v) is 5.15. The molecule has 2 aliphatic rings. The smallest absolute Gasteiger partial charge is 0.220 e. The number of carbonyl (C=O) groups is 1. The maximum Gasteiger partial charge on any atom is 0.220 e. The number of amides is 1. The Morgan fingerprint density at radius 2 is 1.90 bits per heavy atom. The lowest BCUT2D eigenvalue weighted by Crippen LogP contribution is -2.50. The SMILES string of the molecule is O=C(CCC1CCNCC1)NC1(c2ccccc2)CCC1. The first-order chi connectivity index (χ1) is 10.3. The van der Waals surface area contributed by atoms with Crippen LogP contribution in [0.3, 0.4) is 0 Å². The quantitative estimate of drug-likeness (QED) is 0.874. The number of benzene rings is 1. The number of carbonyl (C=O) groups excluding carboxylic acids is 1. The summed E-state index contributed by atoms with van der Waals surface area (Å²) in [4.78, 5) is 12.3. The fraction of sp³-hybridized carbons (Fsp3) is 0.611. The molecule has 0 spiro atoms. The van der Waals surface area contributed by atoms with Crippen molar-refractivity contribution in [2.75, 3.05) is 13.1 Å². The predicted octanol–water partition coefficient (Wildman–Crippen LogP) is 2.96. The van der Waals surface area contributed by atoms with Crippen LogP contribution in [-0.4, -0.2) is 19.0 Å². The van der Waals surface area contributed by atoms with E-state index in [-0.39, 0.29) is 11.4 Å². The van der Waals surface area contributed by atoms with Gasteiger partial charge in [-0.1, -0.05) is 30.3 Å². The summed E-state index contributed by atoms with van der Waals surface area (Å²) < 4.78 is 0. The van der Waals surface area contributed by atoms with Gasteiger partial charge in [0.2, 0.25) is 5.91 Å². The van der Waals surface area contributed by atoms with E-state index in [1.807, 2.05) is 6.07 Å². The van der Waals surface area contributed by atoms with E-state index in [2.05, 4.69) is 34.9 Å². The van der Waals surface area contributed by atoms with E-state index in [4.69, 9.17) is 0 Å². The molecule has 1 saturated carbocycles. The zero-order valence-corrected chi connectivity index (χ0v) is 12.7. The predicted molar refractivity (Wildman–Crippen MR) is 84.9 cm³/mol. The summed E-state index contributed by atoms with van der Waals surface area (Å²) in [6.45, 7) is 2.22. The molecular formula is C18H26N2O. The second-order valence-electron chi connectivity index (χ2n) is 6.58. The molecule has 1 aliphatic carbocycles. The van der Waals surface area contributed by atoms with Crippen LogP contribution in [0.15, 0.2) is 30.3 Å². The molecule has 21 heavy (non-hydrogen) atoms. The highest BCUT2D eigenvalue weighted by molar-refractivity contribution is 5.77. The molecule has 114 valence electrons. The van der Waals surface area contributed by atoms with Crippen molar-refractivity contribution in [2.45, 2.75) is 50.5 Å². The molecule has 1 amide bonds. The van der Waals surface area contributed by atoms with Crippen LogP contribution in [0.4, 0.5) is 0 Å². The molecule has 0 aromatic heterocycles. The highest BCUT2D eigenvalue weighted by Gasteiger charge is 2.39. The lowest BCUT2D eigenvalue weighted by atomic mass is 9.71. The first-order valence-corrected chi connectivity index (χ1v) is 8.36. The summed E-state index contributed by atoms with van der Waals surface area (Å²) in [5.74, 6) is 0.961. The number of rotatable bonds is 5. The fourth-order valence-corrected chi connectivity index (χ4v) is 3.61. The molecule has 1 aliphatic heterocycles. The number of hydrogen-bond acceptors (Lipinski definition) is 2. The summed E-state index contributed by atoms with van der Waals surface area (Å²) in [5.41, 5.74) is 1.19. The highest BCUT2D eigenvalue weighted by Crippen LogP contribution is 2.41. The van der Waals surface area contributed by atoms with Gasteiger partial charge in [-0.3, -0.25) is 4.79 Å². The molecule has 3 heteroatoms. The second kappa shape index (κ2) is 6.61. The summed E-state index contributed by atoms with van der Waals surface area (Å²) >= 11 is 0. The van der Waals surface area contributed by atoms with Gasteiger partial charge in [-0.25, -0.2) is 0 Å². The van der Waals surface area contributed by atoms with Gasteiger partial charge in [-0.05, 0) is 63.1 Å². The Morgan fingerprint density at radius 3 is 2.52 bits per heavy atom. The zero-order valence-electron chi connectivity index (χ0n) is 12.7. The first-order valence-electron chi connectivity index (χ1n) is 8.36. The van der Waals surface area contributed by atoms with Gasteiger partial charge in [0.25, 0.3) is 0 Å². The van der Waals surface area contributed by atoms with E-state index in [0.717, 1.165) is 38.3 Å². The lowest BCUT2D eigenvalue weighted by molar-refractivity contribution is -0.124. The number of hydrogen-bond donors (Lipinski definition) is 2. The van der Waals surface area contributed by atoms with Gasteiger partial charge < -0.3 is 10.6 Å². The van der Waals surface area contributed by atoms with E-state index in [1.54, 1.807) is 0 Å². The standard InChI is InChI=1S/C18H26N2O/c21-17(8-7-15-9-13-19-14-10-15)20-18(11-4-12-18)16-5-2-1-3-6-16/h1-3,5-6,15,19H,4,7-14H2,(H,20,21). The summed E-state index contributed by atoms with van der Waals surface area (Å²) in [5, 5.41) is 6.71. The number of nitrogens with one attached hydrogen (secondary N) is 2. The molecule has 1 aromatic carbocycles. The second-order valence-corrected chi connectivity index (χ2v) is 6.58. The van der Waals surface area contributed by atoms with E-state index in [0.29, 0.717) is 6.42 Å². The van der Waals surface area contributed by atoms with Gasteiger partial charge in [0, 0.05) is 6.42 Å².